The Hall–Kier alpha value is -1.94. The molecule has 4 nitrogen and oxygen atoms in total. The van der Waals surface area contributed by atoms with E-state index in [9.17, 15) is 0 Å². The molecule has 1 unspecified atom stereocenters. The normalized spacial score (nSPS) is 12.2. The van der Waals surface area contributed by atoms with Crippen LogP contribution in [0.1, 0.15) is 18.1 Å². The van der Waals surface area contributed by atoms with Crippen LogP contribution in [0.3, 0.4) is 0 Å². The first-order chi connectivity index (χ1) is 9.06. The third-order valence-electron chi connectivity index (χ3n) is 3.07. The van der Waals surface area contributed by atoms with E-state index in [2.05, 4.69) is 47.6 Å². The molecule has 19 heavy (non-hydrogen) atoms. The van der Waals surface area contributed by atoms with Gasteiger partial charge in [0.25, 0.3) is 0 Å². The number of rotatable bonds is 4. The van der Waals surface area contributed by atoms with Gasteiger partial charge >= 0.3 is 0 Å². The smallest absolute Gasteiger partial charge is 0.148 e. The molecule has 1 aromatic heterocycles. The first-order valence-corrected chi connectivity index (χ1v) is 6.47. The molecule has 0 saturated heterocycles. The number of hydrogen-bond donors (Lipinski definition) is 2. The van der Waals surface area contributed by atoms with E-state index in [-0.39, 0.29) is 6.04 Å². The van der Waals surface area contributed by atoms with Crippen molar-refractivity contribution >= 4 is 5.82 Å². The summed E-state index contributed by atoms with van der Waals surface area (Å²) in [5.74, 6) is 0.755. The predicted octanol–water partition coefficient (Wildman–Crippen LogP) is 2.52. The van der Waals surface area contributed by atoms with Gasteiger partial charge in [-0.1, -0.05) is 12.1 Å². The van der Waals surface area contributed by atoms with Gasteiger partial charge in [0.2, 0.25) is 0 Å². The van der Waals surface area contributed by atoms with Crippen LogP contribution < -0.4 is 11.1 Å². The van der Waals surface area contributed by atoms with Gasteiger partial charge in [-0.05, 0) is 50.1 Å². The highest BCUT2D eigenvalue weighted by molar-refractivity contribution is 5.61. The van der Waals surface area contributed by atoms with Crippen LogP contribution in [0.25, 0.3) is 11.3 Å². The van der Waals surface area contributed by atoms with Gasteiger partial charge in [-0.2, -0.15) is 0 Å². The fourth-order valence-corrected chi connectivity index (χ4v) is 1.75. The molecule has 0 spiro atoms. The molecule has 3 N–H and O–H groups in total. The zero-order valence-corrected chi connectivity index (χ0v) is 11.6. The van der Waals surface area contributed by atoms with E-state index in [0.29, 0.717) is 6.54 Å². The van der Waals surface area contributed by atoms with E-state index in [4.69, 9.17) is 5.73 Å². The molecule has 100 valence electrons. The summed E-state index contributed by atoms with van der Waals surface area (Å²) < 4.78 is 0. The van der Waals surface area contributed by atoms with Gasteiger partial charge in [0, 0.05) is 18.2 Å². The van der Waals surface area contributed by atoms with Gasteiger partial charge in [0.05, 0.1) is 5.69 Å². The molecule has 0 saturated carbocycles. The Morgan fingerprint density at radius 3 is 2.47 bits per heavy atom. The second-order valence-electron chi connectivity index (χ2n) is 4.96. The van der Waals surface area contributed by atoms with Crippen LogP contribution in [0.5, 0.6) is 0 Å². The summed E-state index contributed by atoms with van der Waals surface area (Å²) in [6, 6.07) is 10.3. The minimum Gasteiger partial charge on any atom is -0.367 e. The van der Waals surface area contributed by atoms with E-state index in [1.807, 2.05) is 19.1 Å². The average molecular weight is 256 g/mol. The summed E-state index contributed by atoms with van der Waals surface area (Å²) in [5.41, 5.74) is 10.2. The monoisotopic (exact) mass is 256 g/mol. The molecular weight excluding hydrogens is 236 g/mol. The Morgan fingerprint density at radius 2 is 1.89 bits per heavy atom. The minimum absolute atomic E-state index is 0.0984. The van der Waals surface area contributed by atoms with E-state index in [1.165, 1.54) is 11.1 Å². The van der Waals surface area contributed by atoms with Crippen LogP contribution in [-0.4, -0.2) is 22.8 Å². The molecule has 0 aliphatic carbocycles. The van der Waals surface area contributed by atoms with Crippen molar-refractivity contribution in [3.05, 3.63) is 41.5 Å². The number of nitrogens with one attached hydrogen (secondary N) is 1. The zero-order valence-electron chi connectivity index (χ0n) is 11.6. The molecule has 1 atom stereocenters. The lowest BCUT2D eigenvalue weighted by atomic mass is 10.0. The second kappa shape index (κ2) is 5.80. The Morgan fingerprint density at radius 1 is 1.11 bits per heavy atom. The number of aromatic nitrogens is 2. The third kappa shape index (κ3) is 3.51. The lowest BCUT2D eigenvalue weighted by Gasteiger charge is -2.08. The van der Waals surface area contributed by atoms with Gasteiger partial charge in [0.1, 0.15) is 5.82 Å². The Kier molecular flexibility index (Phi) is 4.12. The van der Waals surface area contributed by atoms with Gasteiger partial charge in [-0.25, -0.2) is 0 Å². The number of nitrogens with zero attached hydrogens (tertiary/aromatic N) is 2. The quantitative estimate of drug-likeness (QED) is 0.882. The molecule has 0 radical (unpaired) electrons. The van der Waals surface area contributed by atoms with Crippen LogP contribution in [0, 0.1) is 13.8 Å². The molecular formula is C15H20N4. The maximum absolute atomic E-state index is 5.68. The number of aryl methyl sites for hydroxylation is 2. The van der Waals surface area contributed by atoms with Gasteiger partial charge < -0.3 is 11.1 Å². The van der Waals surface area contributed by atoms with Gasteiger partial charge in [0.15, 0.2) is 0 Å². The summed E-state index contributed by atoms with van der Waals surface area (Å²) in [6.45, 7) is 6.85. The van der Waals surface area contributed by atoms with E-state index in [1.54, 1.807) is 0 Å². The van der Waals surface area contributed by atoms with Crippen molar-refractivity contribution in [1.82, 2.24) is 10.2 Å². The molecule has 0 amide bonds. The van der Waals surface area contributed by atoms with E-state index in [0.717, 1.165) is 17.1 Å². The zero-order chi connectivity index (χ0) is 13.8. The third-order valence-corrected chi connectivity index (χ3v) is 3.07. The van der Waals surface area contributed by atoms with Crippen molar-refractivity contribution in [3.63, 3.8) is 0 Å². The van der Waals surface area contributed by atoms with Crippen molar-refractivity contribution in [3.8, 4) is 11.3 Å². The van der Waals surface area contributed by atoms with Gasteiger partial charge in [-0.15, -0.1) is 10.2 Å². The van der Waals surface area contributed by atoms with E-state index >= 15 is 0 Å². The number of benzene rings is 1. The van der Waals surface area contributed by atoms with Gasteiger partial charge in [-0.3, -0.25) is 0 Å². The maximum atomic E-state index is 5.68. The Bertz CT molecular complexity index is 547. The molecule has 0 bridgehead atoms. The van der Waals surface area contributed by atoms with Crippen molar-refractivity contribution in [2.75, 3.05) is 11.9 Å². The van der Waals surface area contributed by atoms with Crippen LogP contribution in [0.2, 0.25) is 0 Å². The van der Waals surface area contributed by atoms with Crippen LogP contribution in [0.15, 0.2) is 30.3 Å². The lowest BCUT2D eigenvalue weighted by Crippen LogP contribution is -2.25. The second-order valence-corrected chi connectivity index (χ2v) is 4.96. The van der Waals surface area contributed by atoms with Crippen molar-refractivity contribution < 1.29 is 0 Å². The van der Waals surface area contributed by atoms with Crippen molar-refractivity contribution in [2.45, 2.75) is 26.8 Å². The summed E-state index contributed by atoms with van der Waals surface area (Å²) in [7, 11) is 0. The number of hydrogen-bond acceptors (Lipinski definition) is 4. The topological polar surface area (TPSA) is 63.8 Å². The summed E-state index contributed by atoms with van der Waals surface area (Å²) >= 11 is 0. The van der Waals surface area contributed by atoms with E-state index < -0.39 is 0 Å². The highest BCUT2D eigenvalue weighted by Crippen LogP contribution is 2.20. The fraction of sp³-hybridized carbons (Fsp3) is 0.333. The Balaban J connectivity index is 2.15. The largest absolute Gasteiger partial charge is 0.367 e. The minimum atomic E-state index is 0.0984. The molecule has 0 fully saturated rings. The molecule has 1 heterocycles. The lowest BCUT2D eigenvalue weighted by molar-refractivity contribution is 0.775. The molecule has 0 aliphatic rings. The van der Waals surface area contributed by atoms with Crippen molar-refractivity contribution in [1.29, 1.82) is 0 Å². The first-order valence-electron chi connectivity index (χ1n) is 6.47. The first kappa shape index (κ1) is 13.5. The van der Waals surface area contributed by atoms with Crippen LogP contribution >= 0.6 is 0 Å². The SMILES string of the molecule is Cc1ccc(-c2ccc(NCC(C)N)nn2)cc1C. The summed E-state index contributed by atoms with van der Waals surface area (Å²) in [4.78, 5) is 0. The summed E-state index contributed by atoms with van der Waals surface area (Å²) in [6.07, 6.45) is 0. The molecule has 4 heteroatoms. The fourth-order valence-electron chi connectivity index (χ4n) is 1.75. The van der Waals surface area contributed by atoms with Crippen LogP contribution in [0.4, 0.5) is 5.82 Å². The summed E-state index contributed by atoms with van der Waals surface area (Å²) in [5, 5.41) is 11.6. The molecule has 2 rings (SSSR count). The standard InChI is InChI=1S/C15H20N4/c1-10-4-5-13(8-11(10)2)14-6-7-15(19-18-14)17-9-12(3)16/h4-8,12H,9,16H2,1-3H3,(H,17,19). The highest BCUT2D eigenvalue weighted by atomic mass is 15.2. The van der Waals surface area contributed by atoms with Crippen LogP contribution in [-0.2, 0) is 0 Å². The molecule has 2 aromatic rings. The Labute approximate surface area is 114 Å². The number of anilines is 1. The maximum Gasteiger partial charge on any atom is 0.148 e. The van der Waals surface area contributed by atoms with Crippen molar-refractivity contribution in [2.24, 2.45) is 5.73 Å². The highest BCUT2D eigenvalue weighted by Gasteiger charge is 2.03. The molecule has 0 aliphatic heterocycles. The molecule has 1 aromatic carbocycles. The number of nitrogens with two attached hydrogens (primary N) is 1. The average Bonchev–Trinajstić information content (AvgIpc) is 2.40. The predicted molar refractivity (Wildman–Crippen MR) is 79.1 cm³/mol.